The number of nitrogens with zero attached hydrogens (tertiary/aromatic N) is 1. The summed E-state index contributed by atoms with van der Waals surface area (Å²) in [6.07, 6.45) is 0. The Kier molecular flexibility index (Phi) is 6.80. The van der Waals surface area contributed by atoms with Crippen LogP contribution in [0.15, 0.2) is 197 Å². The van der Waals surface area contributed by atoms with Crippen LogP contribution in [-0.2, 0) is 0 Å². The van der Waals surface area contributed by atoms with E-state index in [1.165, 1.54) is 25.6 Å². The lowest BCUT2D eigenvalue weighted by atomic mass is 9.97. The molecule has 0 aliphatic carbocycles. The molecule has 9 aromatic carbocycles. The zero-order chi connectivity index (χ0) is 36.7. The highest BCUT2D eigenvalue weighted by atomic mass is 32.1. The van der Waals surface area contributed by atoms with E-state index in [1.54, 1.807) is 0 Å². The minimum Gasteiger partial charge on any atom is -0.456 e. The summed E-state index contributed by atoms with van der Waals surface area (Å²) in [6, 6.07) is 67.2. The summed E-state index contributed by atoms with van der Waals surface area (Å²) < 4.78 is 15.3. The van der Waals surface area contributed by atoms with Crippen LogP contribution in [0.4, 0.5) is 17.1 Å². The van der Waals surface area contributed by atoms with Gasteiger partial charge in [0.2, 0.25) is 0 Å². The number of fused-ring (bicyclic) bond motifs is 11. The third-order valence-electron chi connectivity index (χ3n) is 11.3. The maximum Gasteiger partial charge on any atom is 0.143 e. The smallest absolute Gasteiger partial charge is 0.143 e. The van der Waals surface area contributed by atoms with E-state index in [9.17, 15) is 0 Å². The zero-order valence-corrected chi connectivity index (χ0v) is 30.9. The van der Waals surface area contributed by atoms with Crippen molar-refractivity contribution in [3.63, 3.8) is 0 Å². The Morgan fingerprint density at radius 1 is 0.375 bits per heavy atom. The molecule has 0 unspecified atom stereocenters. The number of benzene rings is 9. The molecule has 3 aromatic heterocycles. The third kappa shape index (κ3) is 4.70. The van der Waals surface area contributed by atoms with E-state index in [1.807, 2.05) is 23.5 Å². The molecule has 3 nitrogen and oxygen atoms in total. The number of thiophene rings is 1. The highest BCUT2D eigenvalue weighted by Gasteiger charge is 2.20. The molecule has 0 bridgehead atoms. The van der Waals surface area contributed by atoms with Gasteiger partial charge in [0.05, 0.1) is 10.4 Å². The van der Waals surface area contributed by atoms with E-state index in [0.717, 1.165) is 88.6 Å². The monoisotopic (exact) mass is 733 g/mol. The van der Waals surface area contributed by atoms with Crippen molar-refractivity contribution in [3.8, 4) is 22.3 Å². The molecule has 0 aliphatic heterocycles. The largest absolute Gasteiger partial charge is 0.456 e. The molecule has 0 spiro atoms. The number of hydrogen-bond donors (Lipinski definition) is 0. The maximum absolute atomic E-state index is 6.54. The molecule has 12 rings (SSSR count). The first-order valence-corrected chi connectivity index (χ1v) is 19.7. The van der Waals surface area contributed by atoms with Crippen LogP contribution in [0.5, 0.6) is 0 Å². The second kappa shape index (κ2) is 12.2. The lowest BCUT2D eigenvalue weighted by Crippen LogP contribution is -2.10. The zero-order valence-electron chi connectivity index (χ0n) is 30.1. The van der Waals surface area contributed by atoms with Crippen LogP contribution in [-0.4, -0.2) is 0 Å². The van der Waals surface area contributed by atoms with Crippen molar-refractivity contribution in [3.05, 3.63) is 188 Å². The van der Waals surface area contributed by atoms with Gasteiger partial charge in [0, 0.05) is 53.8 Å². The van der Waals surface area contributed by atoms with Crippen molar-refractivity contribution < 1.29 is 8.83 Å². The van der Waals surface area contributed by atoms with Crippen LogP contribution in [0.3, 0.4) is 0 Å². The van der Waals surface area contributed by atoms with Crippen molar-refractivity contribution in [2.24, 2.45) is 0 Å². The van der Waals surface area contributed by atoms with Gasteiger partial charge in [-0.15, -0.1) is 11.3 Å². The average molecular weight is 734 g/mol. The summed E-state index contributed by atoms with van der Waals surface area (Å²) in [5.74, 6) is 0. The minimum atomic E-state index is 0.898. The number of rotatable bonds is 5. The Morgan fingerprint density at radius 2 is 0.946 bits per heavy atom. The summed E-state index contributed by atoms with van der Waals surface area (Å²) >= 11 is 1.85. The van der Waals surface area contributed by atoms with Crippen LogP contribution < -0.4 is 4.90 Å². The van der Waals surface area contributed by atoms with Gasteiger partial charge < -0.3 is 13.7 Å². The molecule has 262 valence electrons. The second-order valence-electron chi connectivity index (χ2n) is 14.4. The van der Waals surface area contributed by atoms with Gasteiger partial charge in [-0.2, -0.15) is 0 Å². The molecule has 12 aromatic rings. The summed E-state index contributed by atoms with van der Waals surface area (Å²) in [5.41, 5.74) is 11.6. The molecule has 0 aliphatic rings. The molecular formula is C52H31NO2S. The maximum atomic E-state index is 6.54. The Labute approximate surface area is 325 Å². The first-order valence-electron chi connectivity index (χ1n) is 18.9. The van der Waals surface area contributed by atoms with Crippen molar-refractivity contribution in [2.45, 2.75) is 0 Å². The molecule has 3 heterocycles. The number of para-hydroxylation sites is 1. The fourth-order valence-corrected chi connectivity index (χ4v) is 9.93. The molecule has 0 fully saturated rings. The number of furan rings is 2. The van der Waals surface area contributed by atoms with Gasteiger partial charge in [-0.3, -0.25) is 0 Å². The summed E-state index contributed by atoms with van der Waals surface area (Å²) in [5, 5.41) is 9.42. The van der Waals surface area contributed by atoms with Crippen molar-refractivity contribution in [2.75, 3.05) is 4.90 Å². The SMILES string of the molecule is c1ccc2c(c1)ccc1c2oc2cccc(-c3ccc(N(c4ccc(-c5cccc6oc7ccccc7c56)cc4)c4cccc5c4sc4ccccc45)cc3)c21. The second-order valence-corrected chi connectivity index (χ2v) is 15.5. The van der Waals surface area contributed by atoms with E-state index < -0.39 is 0 Å². The van der Waals surface area contributed by atoms with E-state index >= 15 is 0 Å². The lowest BCUT2D eigenvalue weighted by Gasteiger charge is -2.26. The molecule has 0 N–H and O–H groups in total. The van der Waals surface area contributed by atoms with Crippen LogP contribution >= 0.6 is 11.3 Å². The summed E-state index contributed by atoms with van der Waals surface area (Å²) in [7, 11) is 0. The molecule has 0 radical (unpaired) electrons. The van der Waals surface area contributed by atoms with E-state index in [4.69, 9.17) is 8.83 Å². The normalized spacial score (nSPS) is 11.9. The molecule has 56 heavy (non-hydrogen) atoms. The van der Waals surface area contributed by atoms with E-state index in [2.05, 4.69) is 181 Å². The van der Waals surface area contributed by atoms with Crippen LogP contribution in [0.25, 0.3) is 97.1 Å². The van der Waals surface area contributed by atoms with Crippen LogP contribution in [0.1, 0.15) is 0 Å². The molecule has 0 amide bonds. The summed E-state index contributed by atoms with van der Waals surface area (Å²) in [4.78, 5) is 2.40. The predicted molar refractivity (Wildman–Crippen MR) is 237 cm³/mol. The average Bonchev–Trinajstić information content (AvgIpc) is 3.96. The highest BCUT2D eigenvalue weighted by molar-refractivity contribution is 7.26. The molecule has 0 saturated heterocycles. The third-order valence-corrected chi connectivity index (χ3v) is 12.5. The summed E-state index contributed by atoms with van der Waals surface area (Å²) in [6.45, 7) is 0. The van der Waals surface area contributed by atoms with Gasteiger partial charge in [-0.05, 0) is 88.3 Å². The molecule has 0 saturated carbocycles. The van der Waals surface area contributed by atoms with Crippen molar-refractivity contribution in [1.82, 2.24) is 0 Å². The highest BCUT2D eigenvalue weighted by Crippen LogP contribution is 2.46. The Bertz CT molecular complexity index is 3480. The quantitative estimate of drug-likeness (QED) is 0.176. The van der Waals surface area contributed by atoms with Crippen molar-refractivity contribution >= 4 is 103 Å². The molecule has 0 atom stereocenters. The Morgan fingerprint density at radius 3 is 1.70 bits per heavy atom. The van der Waals surface area contributed by atoms with Gasteiger partial charge in [0.25, 0.3) is 0 Å². The lowest BCUT2D eigenvalue weighted by molar-refractivity contribution is 0.669. The fraction of sp³-hybridized carbons (Fsp3) is 0. The Hall–Kier alpha value is -7.14. The van der Waals surface area contributed by atoms with Gasteiger partial charge in [-0.1, -0.05) is 127 Å². The topological polar surface area (TPSA) is 29.5 Å². The van der Waals surface area contributed by atoms with Gasteiger partial charge >= 0.3 is 0 Å². The number of hydrogen-bond acceptors (Lipinski definition) is 4. The standard InChI is InChI=1S/C52H31NO2S/c1-2-11-39-32(10-1)26-31-43-50-38(15-9-20-47(50)55-51(39)43)34-24-29-36(30-25-34)53(44-17-7-16-41-40-12-4-6-21-48(40)56-52(41)44)35-27-22-33(23-28-35)37-14-8-19-46-49(37)42-13-3-5-18-45(42)54-46/h1-31H. The van der Waals surface area contributed by atoms with Gasteiger partial charge in [0.15, 0.2) is 0 Å². The van der Waals surface area contributed by atoms with E-state index in [0.29, 0.717) is 0 Å². The van der Waals surface area contributed by atoms with Crippen LogP contribution in [0, 0.1) is 0 Å². The number of anilines is 3. The first kappa shape index (κ1) is 31.2. The first-order chi connectivity index (χ1) is 27.8. The van der Waals surface area contributed by atoms with Crippen LogP contribution in [0.2, 0.25) is 0 Å². The minimum absolute atomic E-state index is 0.898. The Balaban J connectivity index is 1.01. The molecular weight excluding hydrogens is 703 g/mol. The van der Waals surface area contributed by atoms with Gasteiger partial charge in [0.1, 0.15) is 22.3 Å². The van der Waals surface area contributed by atoms with Gasteiger partial charge in [-0.25, -0.2) is 0 Å². The molecule has 4 heteroatoms. The predicted octanol–water partition coefficient (Wildman–Crippen LogP) is 15.8. The van der Waals surface area contributed by atoms with Crippen molar-refractivity contribution in [1.29, 1.82) is 0 Å². The fourth-order valence-electron chi connectivity index (χ4n) is 8.73. The van der Waals surface area contributed by atoms with E-state index in [-0.39, 0.29) is 0 Å².